The van der Waals surface area contributed by atoms with Gasteiger partial charge in [0.25, 0.3) is 0 Å². The Morgan fingerprint density at radius 3 is 2.39 bits per heavy atom. The Morgan fingerprint density at radius 1 is 0.944 bits per heavy atom. The fourth-order valence-electron chi connectivity index (χ4n) is 3.91. The zero-order chi connectivity index (χ0) is 25.5. The van der Waals surface area contributed by atoms with E-state index in [-0.39, 0.29) is 6.61 Å². The number of thiocarbonyl (C=S) groups is 1. The van der Waals surface area contributed by atoms with Gasteiger partial charge in [0.1, 0.15) is 6.61 Å². The molecule has 0 aliphatic carbocycles. The minimum Gasteiger partial charge on any atom is -0.490 e. The van der Waals surface area contributed by atoms with Crippen molar-refractivity contribution in [3.8, 4) is 11.5 Å². The summed E-state index contributed by atoms with van der Waals surface area (Å²) in [6.45, 7) is 4.76. The molecule has 186 valence electrons. The summed E-state index contributed by atoms with van der Waals surface area (Å²) in [5.41, 5.74) is 3.66. The van der Waals surface area contributed by atoms with E-state index in [1.165, 1.54) is 0 Å². The van der Waals surface area contributed by atoms with Crippen molar-refractivity contribution in [2.45, 2.75) is 26.5 Å². The number of nitrogens with one attached hydrogen (secondary N) is 2. The van der Waals surface area contributed by atoms with Crippen LogP contribution in [0.1, 0.15) is 36.6 Å². The van der Waals surface area contributed by atoms with Crippen LogP contribution in [0.5, 0.6) is 11.5 Å². The highest BCUT2D eigenvalue weighted by Crippen LogP contribution is 2.37. The van der Waals surface area contributed by atoms with Gasteiger partial charge in [0, 0.05) is 5.02 Å². The van der Waals surface area contributed by atoms with Gasteiger partial charge in [-0.1, -0.05) is 60.1 Å². The molecule has 3 aromatic rings. The topological polar surface area (TPSA) is 68.8 Å². The molecule has 1 heterocycles. The second kappa shape index (κ2) is 11.9. The van der Waals surface area contributed by atoms with Crippen LogP contribution >= 0.6 is 23.8 Å². The van der Waals surface area contributed by atoms with E-state index >= 15 is 0 Å². The molecular weight excluding hydrogens is 496 g/mol. The predicted molar refractivity (Wildman–Crippen MR) is 145 cm³/mol. The Kier molecular flexibility index (Phi) is 8.46. The minimum atomic E-state index is -0.544. The molecule has 0 aromatic heterocycles. The van der Waals surface area contributed by atoms with Crippen LogP contribution in [-0.2, 0) is 16.1 Å². The van der Waals surface area contributed by atoms with Gasteiger partial charge in [0.15, 0.2) is 16.6 Å². The Balaban J connectivity index is 1.71. The third-order valence-electron chi connectivity index (χ3n) is 5.54. The van der Waals surface area contributed by atoms with Crippen LogP contribution in [0.2, 0.25) is 5.02 Å². The molecule has 0 saturated heterocycles. The fourth-order valence-corrected chi connectivity index (χ4v) is 4.26. The molecule has 0 radical (unpaired) electrons. The maximum Gasteiger partial charge on any atom is 0.338 e. The molecule has 36 heavy (non-hydrogen) atoms. The minimum absolute atomic E-state index is 0.253. The van der Waals surface area contributed by atoms with E-state index < -0.39 is 12.0 Å². The lowest BCUT2D eigenvalue weighted by atomic mass is 9.92. The van der Waals surface area contributed by atoms with Gasteiger partial charge in [-0.05, 0) is 67.0 Å². The van der Waals surface area contributed by atoms with E-state index in [2.05, 4.69) is 10.6 Å². The second-order valence-corrected chi connectivity index (χ2v) is 8.81. The summed E-state index contributed by atoms with van der Waals surface area (Å²) in [6, 6.07) is 22.1. The number of esters is 1. The maximum atomic E-state index is 13.2. The van der Waals surface area contributed by atoms with Gasteiger partial charge in [-0.15, -0.1) is 0 Å². The highest BCUT2D eigenvalue weighted by Gasteiger charge is 2.33. The predicted octanol–water partition coefficient (Wildman–Crippen LogP) is 5.81. The molecule has 1 atom stereocenters. The summed E-state index contributed by atoms with van der Waals surface area (Å²) >= 11 is 11.5. The number of hydrogen-bond donors (Lipinski definition) is 2. The molecule has 1 aliphatic rings. The molecule has 2 N–H and O–H groups in total. The summed E-state index contributed by atoms with van der Waals surface area (Å²) in [5, 5.41) is 7.46. The van der Waals surface area contributed by atoms with Gasteiger partial charge in [0.2, 0.25) is 0 Å². The van der Waals surface area contributed by atoms with Crippen LogP contribution in [0.25, 0.3) is 5.70 Å². The number of halogens is 1. The average Bonchev–Trinajstić information content (AvgIpc) is 2.89. The molecule has 0 saturated carbocycles. The van der Waals surface area contributed by atoms with Crippen LogP contribution in [-0.4, -0.2) is 24.3 Å². The lowest BCUT2D eigenvalue weighted by Gasteiger charge is -2.31. The van der Waals surface area contributed by atoms with Gasteiger partial charge in [-0.3, -0.25) is 0 Å². The first-order valence-corrected chi connectivity index (χ1v) is 12.5. The van der Waals surface area contributed by atoms with Crippen LogP contribution < -0.4 is 20.1 Å². The van der Waals surface area contributed by atoms with Crippen molar-refractivity contribution in [2.75, 3.05) is 13.2 Å². The van der Waals surface area contributed by atoms with Crippen molar-refractivity contribution < 1.29 is 19.0 Å². The van der Waals surface area contributed by atoms with Gasteiger partial charge >= 0.3 is 5.97 Å². The molecule has 8 heteroatoms. The van der Waals surface area contributed by atoms with Crippen LogP contribution in [0.4, 0.5) is 0 Å². The Hall–Kier alpha value is -3.55. The molecule has 0 fully saturated rings. The lowest BCUT2D eigenvalue weighted by molar-refractivity contribution is -0.138. The summed E-state index contributed by atoms with van der Waals surface area (Å²) in [7, 11) is 0. The number of rotatable bonds is 9. The number of ether oxygens (including phenoxy) is 3. The molecular formula is C28H27ClN2O4S. The summed E-state index contributed by atoms with van der Waals surface area (Å²) in [4.78, 5) is 13.2. The summed E-state index contributed by atoms with van der Waals surface area (Å²) in [5.74, 6) is 0.738. The van der Waals surface area contributed by atoms with Crippen LogP contribution in [0.3, 0.4) is 0 Å². The SMILES string of the molecule is CCOC(=O)C1=C(c2ccccc2)NC(=S)N[C@H]1c1ccc(OCc2ccc(Cl)cc2)c(OCC)c1. The fraction of sp³-hybridized carbons (Fsp3) is 0.214. The van der Waals surface area contributed by atoms with Crippen LogP contribution in [0.15, 0.2) is 78.4 Å². The maximum absolute atomic E-state index is 13.2. The quantitative estimate of drug-likeness (QED) is 0.271. The molecule has 4 rings (SSSR count). The molecule has 3 aromatic carbocycles. The van der Waals surface area contributed by atoms with Gasteiger partial charge in [0.05, 0.1) is 30.5 Å². The molecule has 0 unspecified atom stereocenters. The van der Waals surface area contributed by atoms with Crippen molar-refractivity contribution in [3.05, 3.63) is 100 Å². The summed E-state index contributed by atoms with van der Waals surface area (Å²) < 4.78 is 17.4. The highest BCUT2D eigenvalue weighted by molar-refractivity contribution is 7.80. The van der Waals surface area contributed by atoms with E-state index in [9.17, 15) is 4.79 Å². The number of hydrogen-bond acceptors (Lipinski definition) is 5. The Morgan fingerprint density at radius 2 is 1.69 bits per heavy atom. The molecule has 6 nitrogen and oxygen atoms in total. The smallest absolute Gasteiger partial charge is 0.338 e. The van der Waals surface area contributed by atoms with Gasteiger partial charge < -0.3 is 24.8 Å². The van der Waals surface area contributed by atoms with Crippen molar-refractivity contribution >= 4 is 40.6 Å². The first kappa shape index (κ1) is 25.5. The van der Waals surface area contributed by atoms with Gasteiger partial charge in [-0.25, -0.2) is 4.79 Å². The third-order valence-corrected chi connectivity index (χ3v) is 6.01. The van der Waals surface area contributed by atoms with Crippen molar-refractivity contribution in [1.29, 1.82) is 0 Å². The van der Waals surface area contributed by atoms with Crippen LogP contribution in [0, 0.1) is 0 Å². The number of carbonyl (C=O) groups is 1. The first-order valence-electron chi connectivity index (χ1n) is 11.7. The van der Waals surface area contributed by atoms with E-state index in [0.717, 1.165) is 16.7 Å². The second-order valence-electron chi connectivity index (χ2n) is 7.96. The van der Waals surface area contributed by atoms with E-state index in [1.807, 2.05) is 79.7 Å². The zero-order valence-electron chi connectivity index (χ0n) is 20.0. The molecule has 0 bridgehead atoms. The normalized spacial score (nSPS) is 15.1. The number of carbonyl (C=O) groups excluding carboxylic acids is 1. The number of benzene rings is 3. The van der Waals surface area contributed by atoms with E-state index in [4.69, 9.17) is 38.0 Å². The largest absolute Gasteiger partial charge is 0.490 e. The first-order chi connectivity index (χ1) is 17.5. The third kappa shape index (κ3) is 5.98. The van der Waals surface area contributed by atoms with E-state index in [1.54, 1.807) is 6.92 Å². The molecule has 1 aliphatic heterocycles. The molecule has 0 spiro atoms. The Bertz CT molecular complexity index is 1260. The van der Waals surface area contributed by atoms with Crippen molar-refractivity contribution in [2.24, 2.45) is 0 Å². The summed E-state index contributed by atoms with van der Waals surface area (Å²) in [6.07, 6.45) is 0. The van der Waals surface area contributed by atoms with Gasteiger partial charge in [-0.2, -0.15) is 0 Å². The standard InChI is InChI=1S/C28H27ClN2O4S/c1-3-33-23-16-20(12-15-22(23)35-17-18-10-13-21(29)14-11-18)26-24(27(32)34-4-2)25(30-28(36)31-26)19-8-6-5-7-9-19/h5-16,26H,3-4,17H2,1-2H3,(H2,30,31,36)/t26-/m0/s1. The Labute approximate surface area is 221 Å². The highest BCUT2D eigenvalue weighted by atomic mass is 35.5. The van der Waals surface area contributed by atoms with E-state index in [0.29, 0.717) is 46.1 Å². The molecule has 0 amide bonds. The monoisotopic (exact) mass is 522 g/mol. The zero-order valence-corrected chi connectivity index (χ0v) is 21.6. The average molecular weight is 523 g/mol. The van der Waals surface area contributed by atoms with Crippen molar-refractivity contribution in [3.63, 3.8) is 0 Å². The lowest BCUT2D eigenvalue weighted by Crippen LogP contribution is -2.45. The van der Waals surface area contributed by atoms with Crippen molar-refractivity contribution in [1.82, 2.24) is 10.6 Å².